The van der Waals surface area contributed by atoms with E-state index >= 15 is 0 Å². The summed E-state index contributed by atoms with van der Waals surface area (Å²) >= 11 is 0. The van der Waals surface area contributed by atoms with E-state index in [9.17, 15) is 0 Å². The predicted octanol–water partition coefficient (Wildman–Crippen LogP) is 3.47. The third-order valence-electron chi connectivity index (χ3n) is 2.17. The van der Waals surface area contributed by atoms with Crippen LogP contribution in [0, 0.1) is 14.9 Å². The Hall–Kier alpha value is -0.700. The molecular weight excluding hydrogens is 367 g/mol. The topological polar surface area (TPSA) is 18.5 Å². The van der Waals surface area contributed by atoms with Gasteiger partial charge in [-0.3, -0.25) is 0 Å². The third-order valence-corrected chi connectivity index (χ3v) is 2.17. The number of methoxy groups -OCH3 is 2. The number of hydrogen-bond donors (Lipinski definition) is 0. The van der Waals surface area contributed by atoms with E-state index in [0.29, 0.717) is 0 Å². The Morgan fingerprint density at radius 3 is 2.06 bits per heavy atom. The predicted molar refractivity (Wildman–Crippen MR) is 65.5 cm³/mol. The van der Waals surface area contributed by atoms with Crippen LogP contribution in [0.25, 0.3) is 10.8 Å². The van der Waals surface area contributed by atoms with Gasteiger partial charge in [0.1, 0.15) is 0 Å². The van der Waals surface area contributed by atoms with Crippen molar-refractivity contribution in [2.24, 2.45) is 0 Å². The Balaban J connectivity index is 0. The maximum Gasteiger partial charge on any atom is 0.0763 e. The number of hydrogen-bond acceptors (Lipinski definition) is 2. The molecule has 0 heterocycles. The molecule has 0 bridgehead atoms. The van der Waals surface area contributed by atoms with Crippen LogP contribution in [-0.2, 0) is 25.8 Å². The van der Waals surface area contributed by atoms with Crippen LogP contribution in [0.2, 0.25) is 0 Å². The first kappa shape index (κ1) is 17.7. The van der Waals surface area contributed by atoms with Gasteiger partial charge in [0.15, 0.2) is 0 Å². The second-order valence-corrected chi connectivity index (χ2v) is 2.82. The molecule has 0 N–H and O–H groups in total. The fraction of sp³-hybridized carbons (Fsp3) is 0.154. The summed E-state index contributed by atoms with van der Waals surface area (Å²) in [5.74, 6) is 1.78. The van der Waals surface area contributed by atoms with Gasteiger partial charge in [-0.25, -0.2) is 0 Å². The summed E-state index contributed by atoms with van der Waals surface area (Å²) in [6, 6.07) is 9.88. The van der Waals surface area contributed by atoms with Gasteiger partial charge in [0.2, 0.25) is 0 Å². The normalized spacial score (nSPS) is 8.38. The van der Waals surface area contributed by atoms with E-state index in [2.05, 4.69) is 0 Å². The molecule has 3 heteroatoms. The number of fused-ring (bicyclic) bond motifs is 1. The molecule has 0 atom stereocenters. The molecule has 2 aromatic carbocycles. The average molecular weight is 384 g/mol. The van der Waals surface area contributed by atoms with Crippen molar-refractivity contribution in [3.8, 4) is 11.5 Å². The third kappa shape index (κ3) is 2.91. The molecule has 2 rings (SSSR count). The van der Waals surface area contributed by atoms with Gasteiger partial charge in [-0.2, -0.15) is 12.1 Å². The van der Waals surface area contributed by atoms with Gasteiger partial charge in [-0.1, -0.05) is 11.5 Å². The molecule has 0 spiro atoms. The van der Waals surface area contributed by atoms with Crippen molar-refractivity contribution in [1.82, 2.24) is 0 Å². The first-order valence-corrected chi connectivity index (χ1v) is 4.13. The zero-order valence-corrected chi connectivity index (χ0v) is 13.8. The van der Waals surface area contributed by atoms with Gasteiger partial charge in [-0.15, -0.1) is 11.5 Å². The first-order chi connectivity index (χ1) is 6.36. The van der Waals surface area contributed by atoms with Crippen molar-refractivity contribution in [2.45, 2.75) is 0 Å². The fourth-order valence-corrected chi connectivity index (χ4v) is 1.54. The minimum Gasteiger partial charge on any atom is -0.539 e. The number of ether oxygens (including phenoxy) is 2. The monoisotopic (exact) mass is 385 g/mol. The SMILES string of the molecule is COc1ccc(OC)c2[cH-]ccc12.[CH3-].[CH3-].[Hf]. The Labute approximate surface area is 117 Å². The van der Waals surface area contributed by atoms with Gasteiger partial charge in [0, 0.05) is 31.6 Å². The molecule has 0 amide bonds. The average Bonchev–Trinajstić information content (AvgIpc) is 2.64. The van der Waals surface area contributed by atoms with E-state index in [1.807, 2.05) is 30.3 Å². The molecule has 0 saturated carbocycles. The van der Waals surface area contributed by atoms with Gasteiger partial charge in [0.25, 0.3) is 0 Å². The zero-order valence-electron chi connectivity index (χ0n) is 10.2. The van der Waals surface area contributed by atoms with E-state index in [0.717, 1.165) is 22.3 Å². The summed E-state index contributed by atoms with van der Waals surface area (Å²) in [6.07, 6.45) is 0. The molecule has 2 nitrogen and oxygen atoms in total. The molecule has 0 saturated heterocycles. The molecule has 16 heavy (non-hydrogen) atoms. The summed E-state index contributed by atoms with van der Waals surface area (Å²) < 4.78 is 10.5. The molecule has 0 aromatic heterocycles. The summed E-state index contributed by atoms with van der Waals surface area (Å²) in [7, 11) is 3.35. The maximum atomic E-state index is 5.23. The van der Waals surface area contributed by atoms with Crippen molar-refractivity contribution in [2.75, 3.05) is 14.2 Å². The Kier molecular flexibility index (Phi) is 8.35. The Morgan fingerprint density at radius 2 is 1.50 bits per heavy atom. The molecule has 0 aliphatic heterocycles. The molecule has 0 radical (unpaired) electrons. The van der Waals surface area contributed by atoms with Crippen LogP contribution < -0.4 is 9.47 Å². The fourth-order valence-electron chi connectivity index (χ4n) is 1.54. The number of rotatable bonds is 2. The van der Waals surface area contributed by atoms with Crippen molar-refractivity contribution in [3.05, 3.63) is 45.2 Å². The molecular formula is C13H17HfO2-3. The number of benzene rings is 1. The van der Waals surface area contributed by atoms with E-state index in [1.54, 1.807) is 14.2 Å². The van der Waals surface area contributed by atoms with Gasteiger partial charge < -0.3 is 24.3 Å². The van der Waals surface area contributed by atoms with Gasteiger partial charge >= 0.3 is 0 Å². The minimum atomic E-state index is 0. The van der Waals surface area contributed by atoms with Crippen LogP contribution in [0.4, 0.5) is 0 Å². The van der Waals surface area contributed by atoms with Crippen LogP contribution in [0.3, 0.4) is 0 Å². The Bertz CT molecular complexity index is 383. The zero-order chi connectivity index (χ0) is 9.26. The molecule has 2 aromatic rings. The van der Waals surface area contributed by atoms with Crippen molar-refractivity contribution >= 4 is 10.8 Å². The van der Waals surface area contributed by atoms with Crippen LogP contribution in [0.1, 0.15) is 0 Å². The smallest absolute Gasteiger partial charge is 0.0763 e. The minimum absolute atomic E-state index is 0. The van der Waals surface area contributed by atoms with Crippen LogP contribution in [0.5, 0.6) is 11.5 Å². The standard InChI is InChI=1S/C11H11O2.2CH3.Hf/c1-12-10-6-7-11(13-2)9-5-3-4-8(9)10;;;/h3-7H,1-2H3;2*1H3;/q3*-1;. The molecule has 0 aliphatic carbocycles. The summed E-state index contributed by atoms with van der Waals surface area (Å²) in [5, 5.41) is 2.20. The molecule has 0 fully saturated rings. The van der Waals surface area contributed by atoms with Crippen LogP contribution in [-0.4, -0.2) is 14.2 Å². The molecule has 0 aliphatic rings. The second kappa shape index (κ2) is 7.55. The summed E-state index contributed by atoms with van der Waals surface area (Å²) in [4.78, 5) is 0. The maximum absolute atomic E-state index is 5.23. The van der Waals surface area contributed by atoms with E-state index in [-0.39, 0.29) is 40.7 Å². The summed E-state index contributed by atoms with van der Waals surface area (Å²) in [5.41, 5.74) is 0. The van der Waals surface area contributed by atoms with Crippen molar-refractivity contribution in [1.29, 1.82) is 0 Å². The summed E-state index contributed by atoms with van der Waals surface area (Å²) in [6.45, 7) is 0. The first-order valence-electron chi connectivity index (χ1n) is 4.13. The van der Waals surface area contributed by atoms with Crippen molar-refractivity contribution in [3.63, 3.8) is 0 Å². The van der Waals surface area contributed by atoms with E-state index < -0.39 is 0 Å². The molecule has 0 unspecified atom stereocenters. The quantitative estimate of drug-likeness (QED) is 0.584. The van der Waals surface area contributed by atoms with Gasteiger partial charge in [0.05, 0.1) is 20.0 Å². The van der Waals surface area contributed by atoms with Crippen LogP contribution in [0.15, 0.2) is 30.3 Å². The van der Waals surface area contributed by atoms with E-state index in [1.165, 1.54) is 0 Å². The van der Waals surface area contributed by atoms with Crippen LogP contribution >= 0.6 is 0 Å². The Morgan fingerprint density at radius 1 is 0.938 bits per heavy atom. The van der Waals surface area contributed by atoms with Crippen molar-refractivity contribution < 1.29 is 35.3 Å². The van der Waals surface area contributed by atoms with E-state index in [4.69, 9.17) is 9.47 Å². The largest absolute Gasteiger partial charge is 0.539 e. The van der Waals surface area contributed by atoms with Gasteiger partial charge in [-0.05, 0) is 6.07 Å². The molecule has 88 valence electrons. The second-order valence-electron chi connectivity index (χ2n) is 2.82.